The van der Waals surface area contributed by atoms with E-state index in [-0.39, 0.29) is 29.8 Å². The predicted molar refractivity (Wildman–Crippen MR) is 67.8 cm³/mol. The van der Waals surface area contributed by atoms with E-state index in [0.717, 1.165) is 25.0 Å². The van der Waals surface area contributed by atoms with E-state index in [0.29, 0.717) is 0 Å². The number of anilines is 1. The van der Waals surface area contributed by atoms with Crippen molar-refractivity contribution >= 4 is 22.4 Å². The first-order chi connectivity index (χ1) is 8.97. The van der Waals surface area contributed by atoms with Gasteiger partial charge in [-0.1, -0.05) is 0 Å². The first-order valence-electron chi connectivity index (χ1n) is 5.89. The molecule has 1 fully saturated rings. The third-order valence-electron chi connectivity index (χ3n) is 2.71. The molecule has 1 amide bonds. The molecule has 7 heteroatoms. The van der Waals surface area contributed by atoms with Crippen LogP contribution in [-0.4, -0.2) is 21.9 Å². The van der Waals surface area contributed by atoms with Crippen molar-refractivity contribution < 1.29 is 17.8 Å². The number of hydrogen-bond donors (Lipinski definition) is 2. The van der Waals surface area contributed by atoms with Gasteiger partial charge >= 0.3 is 0 Å². The third kappa shape index (κ3) is 3.73. The van der Waals surface area contributed by atoms with E-state index in [1.807, 2.05) is 0 Å². The summed E-state index contributed by atoms with van der Waals surface area (Å²) in [6.07, 6.45) is 1.89. The van der Waals surface area contributed by atoms with Gasteiger partial charge in [-0.05, 0) is 25.0 Å². The molecule has 0 heterocycles. The molecular weight excluding hydrogens is 274 g/mol. The van der Waals surface area contributed by atoms with Crippen molar-refractivity contribution in [3.05, 3.63) is 23.8 Å². The average molecular weight is 288 g/mol. The van der Waals surface area contributed by atoms with Crippen molar-refractivity contribution in [2.45, 2.75) is 30.2 Å². The summed E-state index contributed by atoms with van der Waals surface area (Å²) >= 11 is 0. The lowest BCUT2D eigenvalue weighted by Gasteiger charge is -2.07. The van der Waals surface area contributed by atoms with E-state index >= 15 is 0 Å². The highest BCUT2D eigenvalue weighted by Gasteiger charge is 2.24. The number of benzene rings is 1. The molecule has 0 spiro atoms. The summed E-state index contributed by atoms with van der Waals surface area (Å²) in [5.74, 6) is -2.25. The first-order valence-corrected chi connectivity index (χ1v) is 7.21. The van der Waals surface area contributed by atoms with Gasteiger partial charge in [0.2, 0.25) is 5.91 Å². The lowest BCUT2D eigenvalue weighted by Crippen LogP contribution is -2.26. The minimum Gasteiger partial charge on any atom is -0.399 e. The SMILES string of the molecule is Nc1cc(F)c(S(=O)CCC(=O)NC2CC2)c(F)c1. The maximum atomic E-state index is 13.5. The molecule has 0 radical (unpaired) electrons. The summed E-state index contributed by atoms with van der Waals surface area (Å²) in [6.45, 7) is 0. The van der Waals surface area contributed by atoms with Crippen LogP contribution < -0.4 is 11.1 Å². The van der Waals surface area contributed by atoms with Gasteiger partial charge in [0.15, 0.2) is 0 Å². The molecule has 1 aliphatic rings. The molecule has 4 nitrogen and oxygen atoms in total. The van der Waals surface area contributed by atoms with E-state index in [1.54, 1.807) is 0 Å². The van der Waals surface area contributed by atoms with Gasteiger partial charge in [0, 0.05) is 23.9 Å². The van der Waals surface area contributed by atoms with Crippen LogP contribution in [-0.2, 0) is 15.6 Å². The number of halogens is 2. The van der Waals surface area contributed by atoms with E-state index in [9.17, 15) is 17.8 Å². The molecule has 1 aromatic carbocycles. The van der Waals surface area contributed by atoms with E-state index in [2.05, 4.69) is 5.32 Å². The molecule has 0 bridgehead atoms. The second kappa shape index (κ2) is 5.64. The van der Waals surface area contributed by atoms with E-state index < -0.39 is 27.3 Å². The number of amides is 1. The van der Waals surface area contributed by atoms with Crippen LogP contribution in [0.3, 0.4) is 0 Å². The second-order valence-electron chi connectivity index (χ2n) is 4.46. The monoisotopic (exact) mass is 288 g/mol. The number of rotatable bonds is 5. The smallest absolute Gasteiger partial charge is 0.221 e. The molecule has 1 atom stereocenters. The minimum atomic E-state index is -1.90. The normalized spacial score (nSPS) is 16.1. The highest BCUT2D eigenvalue weighted by molar-refractivity contribution is 7.85. The Balaban J connectivity index is 1.97. The molecule has 1 aromatic rings. The maximum Gasteiger partial charge on any atom is 0.221 e. The van der Waals surface area contributed by atoms with Crippen LogP contribution in [0.4, 0.5) is 14.5 Å². The average Bonchev–Trinajstić information content (AvgIpc) is 3.08. The summed E-state index contributed by atoms with van der Waals surface area (Å²) in [5, 5.41) is 2.72. The van der Waals surface area contributed by atoms with Crippen LogP contribution in [0.5, 0.6) is 0 Å². The van der Waals surface area contributed by atoms with Gasteiger partial charge in [0.05, 0.1) is 10.8 Å². The lowest BCUT2D eigenvalue weighted by molar-refractivity contribution is -0.120. The number of carbonyl (C=O) groups excluding carboxylic acids is 1. The highest BCUT2D eigenvalue weighted by Crippen LogP contribution is 2.21. The number of carbonyl (C=O) groups is 1. The van der Waals surface area contributed by atoms with Crippen molar-refractivity contribution in [3.8, 4) is 0 Å². The Hall–Kier alpha value is -1.50. The van der Waals surface area contributed by atoms with Crippen LogP contribution >= 0.6 is 0 Å². The largest absolute Gasteiger partial charge is 0.399 e. The molecule has 19 heavy (non-hydrogen) atoms. The Labute approximate surface area is 111 Å². The van der Waals surface area contributed by atoms with Crippen molar-refractivity contribution in [2.24, 2.45) is 0 Å². The van der Waals surface area contributed by atoms with Crippen LogP contribution in [0.25, 0.3) is 0 Å². The fourth-order valence-corrected chi connectivity index (χ4v) is 2.74. The van der Waals surface area contributed by atoms with E-state index in [1.165, 1.54) is 0 Å². The van der Waals surface area contributed by atoms with Crippen LogP contribution in [0.1, 0.15) is 19.3 Å². The van der Waals surface area contributed by atoms with Gasteiger partial charge in [0.1, 0.15) is 16.5 Å². The van der Waals surface area contributed by atoms with Gasteiger partial charge < -0.3 is 11.1 Å². The van der Waals surface area contributed by atoms with Crippen molar-refractivity contribution in [1.29, 1.82) is 0 Å². The van der Waals surface area contributed by atoms with Gasteiger partial charge in [-0.25, -0.2) is 8.78 Å². The van der Waals surface area contributed by atoms with Crippen LogP contribution in [0.2, 0.25) is 0 Å². The zero-order valence-electron chi connectivity index (χ0n) is 10.1. The van der Waals surface area contributed by atoms with E-state index in [4.69, 9.17) is 5.73 Å². The molecule has 1 saturated carbocycles. The maximum absolute atomic E-state index is 13.5. The molecule has 104 valence electrons. The predicted octanol–water partition coefficient (Wildman–Crippen LogP) is 1.32. The Morgan fingerprint density at radius 2 is 1.95 bits per heavy atom. The molecule has 3 N–H and O–H groups in total. The number of hydrogen-bond acceptors (Lipinski definition) is 3. The minimum absolute atomic E-state index is 0.0215. The number of nitrogens with two attached hydrogens (primary N) is 1. The Bertz CT molecular complexity index is 509. The molecule has 0 aromatic heterocycles. The topological polar surface area (TPSA) is 72.2 Å². The quantitative estimate of drug-likeness (QED) is 0.803. The van der Waals surface area contributed by atoms with Crippen LogP contribution in [0, 0.1) is 11.6 Å². The summed E-state index contributed by atoms with van der Waals surface area (Å²) in [4.78, 5) is 10.9. The Morgan fingerprint density at radius 3 is 2.47 bits per heavy atom. The van der Waals surface area contributed by atoms with Gasteiger partial charge in [0.25, 0.3) is 0 Å². The highest BCUT2D eigenvalue weighted by atomic mass is 32.2. The summed E-state index contributed by atoms with van der Waals surface area (Å²) in [5.41, 5.74) is 5.20. The fourth-order valence-electron chi connectivity index (χ4n) is 1.61. The summed E-state index contributed by atoms with van der Waals surface area (Å²) in [7, 11) is -1.90. The van der Waals surface area contributed by atoms with Gasteiger partial charge in [-0.2, -0.15) is 0 Å². The van der Waals surface area contributed by atoms with Gasteiger partial charge in [-0.15, -0.1) is 0 Å². The first kappa shape index (κ1) is 13.9. The fraction of sp³-hybridized carbons (Fsp3) is 0.417. The van der Waals surface area contributed by atoms with Crippen molar-refractivity contribution in [1.82, 2.24) is 5.32 Å². The van der Waals surface area contributed by atoms with Crippen molar-refractivity contribution in [3.63, 3.8) is 0 Å². The van der Waals surface area contributed by atoms with Crippen LogP contribution in [0.15, 0.2) is 17.0 Å². The molecule has 0 saturated heterocycles. The number of nitrogen functional groups attached to an aromatic ring is 1. The third-order valence-corrected chi connectivity index (χ3v) is 4.13. The summed E-state index contributed by atoms with van der Waals surface area (Å²) in [6, 6.07) is 2.05. The second-order valence-corrected chi connectivity index (χ2v) is 5.96. The zero-order chi connectivity index (χ0) is 14.0. The molecule has 1 aliphatic carbocycles. The van der Waals surface area contributed by atoms with Gasteiger partial charge in [-0.3, -0.25) is 9.00 Å². The standard InChI is InChI=1S/C12H14F2N2O2S/c13-9-5-7(15)6-10(14)12(9)19(18)4-3-11(17)16-8-1-2-8/h5-6,8H,1-4,15H2,(H,16,17). The lowest BCUT2D eigenvalue weighted by atomic mass is 10.3. The molecule has 0 aliphatic heterocycles. The zero-order valence-corrected chi connectivity index (χ0v) is 10.9. The molecule has 2 rings (SSSR count). The van der Waals surface area contributed by atoms with Crippen molar-refractivity contribution in [2.75, 3.05) is 11.5 Å². The Kier molecular flexibility index (Phi) is 4.14. The number of nitrogens with one attached hydrogen (secondary N) is 1. The summed E-state index contributed by atoms with van der Waals surface area (Å²) < 4.78 is 38.8. The Morgan fingerprint density at radius 1 is 1.37 bits per heavy atom. The molecular formula is C12H14F2N2O2S. The molecule has 1 unspecified atom stereocenters.